The molecule has 0 saturated carbocycles. The number of pyridine rings is 2. The van der Waals surface area contributed by atoms with Crippen molar-refractivity contribution in [1.82, 2.24) is 9.97 Å². The van der Waals surface area contributed by atoms with Crippen LogP contribution >= 0.6 is 0 Å². The lowest BCUT2D eigenvalue weighted by molar-refractivity contribution is 1.15. The zero-order valence-electron chi connectivity index (χ0n) is 9.73. The molecular formula is C13H12N4. The molecule has 0 aliphatic rings. The van der Waals surface area contributed by atoms with Gasteiger partial charge in [-0.05, 0) is 37.1 Å². The zero-order valence-corrected chi connectivity index (χ0v) is 9.73. The van der Waals surface area contributed by atoms with E-state index in [-0.39, 0.29) is 5.82 Å². The predicted molar refractivity (Wildman–Crippen MR) is 66.1 cm³/mol. The van der Waals surface area contributed by atoms with E-state index in [1.54, 1.807) is 12.4 Å². The third kappa shape index (κ3) is 1.83. The molecule has 0 aromatic carbocycles. The SMILES string of the molecule is Cc1nc(N)c(C#N)c(-c2ccncc2)c1C. The topological polar surface area (TPSA) is 75.6 Å². The molecule has 0 unspecified atom stereocenters. The number of nitrogens with zero attached hydrogens (tertiary/aromatic N) is 3. The van der Waals surface area contributed by atoms with Crippen molar-refractivity contribution in [3.63, 3.8) is 0 Å². The van der Waals surface area contributed by atoms with E-state index in [1.165, 1.54) is 0 Å². The third-order valence-corrected chi connectivity index (χ3v) is 2.79. The van der Waals surface area contributed by atoms with Gasteiger partial charge >= 0.3 is 0 Å². The van der Waals surface area contributed by atoms with Crippen LogP contribution in [-0.2, 0) is 0 Å². The molecule has 2 aromatic heterocycles. The average molecular weight is 224 g/mol. The summed E-state index contributed by atoms with van der Waals surface area (Å²) in [6.07, 6.45) is 3.39. The van der Waals surface area contributed by atoms with Crippen molar-refractivity contribution in [3.05, 3.63) is 41.3 Å². The first-order valence-electron chi connectivity index (χ1n) is 5.22. The molecule has 2 aromatic rings. The molecule has 84 valence electrons. The molecule has 0 amide bonds. The largest absolute Gasteiger partial charge is 0.383 e. The molecule has 0 atom stereocenters. The van der Waals surface area contributed by atoms with E-state index in [9.17, 15) is 5.26 Å². The van der Waals surface area contributed by atoms with Crippen LogP contribution in [0.3, 0.4) is 0 Å². The number of nitrogen functional groups attached to an aromatic ring is 1. The summed E-state index contributed by atoms with van der Waals surface area (Å²) in [7, 11) is 0. The Morgan fingerprint density at radius 2 is 1.88 bits per heavy atom. The van der Waals surface area contributed by atoms with Crippen molar-refractivity contribution < 1.29 is 0 Å². The van der Waals surface area contributed by atoms with Crippen molar-refractivity contribution >= 4 is 5.82 Å². The fourth-order valence-corrected chi connectivity index (χ4v) is 1.81. The minimum atomic E-state index is 0.280. The number of rotatable bonds is 1. The molecule has 0 aliphatic carbocycles. The molecule has 0 radical (unpaired) electrons. The van der Waals surface area contributed by atoms with Gasteiger partial charge in [0.05, 0.1) is 0 Å². The van der Waals surface area contributed by atoms with Crippen LogP contribution in [0.15, 0.2) is 24.5 Å². The van der Waals surface area contributed by atoms with Gasteiger partial charge in [0.2, 0.25) is 0 Å². The van der Waals surface area contributed by atoms with E-state index in [2.05, 4.69) is 16.0 Å². The van der Waals surface area contributed by atoms with Gasteiger partial charge in [-0.2, -0.15) is 5.26 Å². The molecule has 0 fully saturated rings. The highest BCUT2D eigenvalue weighted by Gasteiger charge is 2.14. The fourth-order valence-electron chi connectivity index (χ4n) is 1.81. The number of nitrogens with two attached hydrogens (primary N) is 1. The number of aromatic nitrogens is 2. The second kappa shape index (κ2) is 4.22. The Hall–Kier alpha value is -2.41. The standard InChI is InChI=1S/C13H12N4/c1-8-9(2)17-13(15)11(7-14)12(8)10-3-5-16-6-4-10/h3-6H,1-2H3,(H2,15,17). The highest BCUT2D eigenvalue weighted by molar-refractivity contribution is 5.78. The molecule has 2 heterocycles. The van der Waals surface area contributed by atoms with Crippen molar-refractivity contribution in [2.75, 3.05) is 5.73 Å². The first-order valence-corrected chi connectivity index (χ1v) is 5.22. The Morgan fingerprint density at radius 3 is 2.47 bits per heavy atom. The smallest absolute Gasteiger partial charge is 0.142 e. The molecule has 0 aliphatic heterocycles. The Kier molecular flexibility index (Phi) is 2.75. The van der Waals surface area contributed by atoms with Crippen LogP contribution in [0.5, 0.6) is 0 Å². The van der Waals surface area contributed by atoms with Gasteiger partial charge < -0.3 is 5.73 Å². The van der Waals surface area contributed by atoms with Crippen LogP contribution in [0.25, 0.3) is 11.1 Å². The summed E-state index contributed by atoms with van der Waals surface area (Å²) in [5, 5.41) is 9.19. The van der Waals surface area contributed by atoms with Crippen molar-refractivity contribution in [3.8, 4) is 17.2 Å². The second-order valence-electron chi connectivity index (χ2n) is 3.81. The van der Waals surface area contributed by atoms with E-state index in [1.807, 2.05) is 26.0 Å². The van der Waals surface area contributed by atoms with E-state index in [0.29, 0.717) is 5.56 Å². The van der Waals surface area contributed by atoms with Crippen molar-refractivity contribution in [2.45, 2.75) is 13.8 Å². The number of nitriles is 1. The Balaban J connectivity index is 2.81. The summed E-state index contributed by atoms with van der Waals surface area (Å²) < 4.78 is 0. The maximum atomic E-state index is 9.19. The van der Waals surface area contributed by atoms with Gasteiger partial charge in [-0.3, -0.25) is 4.98 Å². The molecule has 4 heteroatoms. The van der Waals surface area contributed by atoms with E-state index in [4.69, 9.17) is 5.73 Å². The van der Waals surface area contributed by atoms with Crippen molar-refractivity contribution in [1.29, 1.82) is 5.26 Å². The van der Waals surface area contributed by atoms with Gasteiger partial charge in [-0.25, -0.2) is 4.98 Å². The summed E-state index contributed by atoms with van der Waals surface area (Å²) in [4.78, 5) is 8.14. The molecular weight excluding hydrogens is 212 g/mol. The molecule has 4 nitrogen and oxygen atoms in total. The predicted octanol–water partition coefficient (Wildman–Crippen LogP) is 2.21. The summed E-state index contributed by atoms with van der Waals surface area (Å²) in [5.41, 5.74) is 9.82. The van der Waals surface area contributed by atoms with Gasteiger partial charge in [0.1, 0.15) is 17.5 Å². The molecule has 2 rings (SSSR count). The summed E-state index contributed by atoms with van der Waals surface area (Å²) in [6.45, 7) is 3.83. The van der Waals surface area contributed by atoms with E-state index in [0.717, 1.165) is 22.4 Å². The zero-order chi connectivity index (χ0) is 12.4. The number of hydrogen-bond acceptors (Lipinski definition) is 4. The fraction of sp³-hybridized carbons (Fsp3) is 0.154. The van der Waals surface area contributed by atoms with Crippen molar-refractivity contribution in [2.24, 2.45) is 0 Å². The van der Waals surface area contributed by atoms with Gasteiger partial charge in [0, 0.05) is 23.7 Å². The maximum Gasteiger partial charge on any atom is 0.142 e. The first kappa shape index (κ1) is 11.1. The van der Waals surface area contributed by atoms with Crippen LogP contribution in [-0.4, -0.2) is 9.97 Å². The lowest BCUT2D eigenvalue weighted by Crippen LogP contribution is -2.02. The van der Waals surface area contributed by atoms with Gasteiger partial charge in [-0.15, -0.1) is 0 Å². The molecule has 0 saturated heterocycles. The number of hydrogen-bond donors (Lipinski definition) is 1. The molecule has 2 N–H and O–H groups in total. The maximum absolute atomic E-state index is 9.19. The quantitative estimate of drug-likeness (QED) is 0.805. The summed E-state index contributed by atoms with van der Waals surface area (Å²) in [5.74, 6) is 0.280. The minimum absolute atomic E-state index is 0.280. The van der Waals surface area contributed by atoms with Gasteiger partial charge in [-0.1, -0.05) is 0 Å². The van der Waals surface area contributed by atoms with Crippen LogP contribution < -0.4 is 5.73 Å². The van der Waals surface area contributed by atoms with Crippen LogP contribution in [0.1, 0.15) is 16.8 Å². The van der Waals surface area contributed by atoms with Gasteiger partial charge in [0.15, 0.2) is 0 Å². The lowest BCUT2D eigenvalue weighted by Gasteiger charge is -2.12. The first-order chi connectivity index (χ1) is 8.15. The Labute approximate surface area is 99.8 Å². The molecule has 0 spiro atoms. The molecule has 0 bridgehead atoms. The summed E-state index contributed by atoms with van der Waals surface area (Å²) in [6, 6.07) is 5.85. The highest BCUT2D eigenvalue weighted by atomic mass is 14.8. The Bertz CT molecular complexity index is 597. The van der Waals surface area contributed by atoms with Crippen LogP contribution in [0.2, 0.25) is 0 Å². The minimum Gasteiger partial charge on any atom is -0.383 e. The molecule has 17 heavy (non-hydrogen) atoms. The van der Waals surface area contributed by atoms with E-state index >= 15 is 0 Å². The lowest BCUT2D eigenvalue weighted by atomic mass is 9.96. The Morgan fingerprint density at radius 1 is 1.24 bits per heavy atom. The third-order valence-electron chi connectivity index (χ3n) is 2.79. The van der Waals surface area contributed by atoms with Crippen LogP contribution in [0.4, 0.5) is 5.82 Å². The summed E-state index contributed by atoms with van der Waals surface area (Å²) >= 11 is 0. The second-order valence-corrected chi connectivity index (χ2v) is 3.81. The number of aryl methyl sites for hydroxylation is 1. The van der Waals surface area contributed by atoms with Crippen LogP contribution in [0, 0.1) is 25.2 Å². The average Bonchev–Trinajstić information content (AvgIpc) is 2.34. The van der Waals surface area contributed by atoms with E-state index < -0.39 is 0 Å². The monoisotopic (exact) mass is 224 g/mol. The highest BCUT2D eigenvalue weighted by Crippen LogP contribution is 2.30. The normalized spacial score (nSPS) is 9.94. The van der Waals surface area contributed by atoms with Gasteiger partial charge in [0.25, 0.3) is 0 Å². The number of anilines is 1.